The molecule has 8 heteroatoms. The molecule has 3 heterocycles. The van der Waals surface area contributed by atoms with Crippen molar-refractivity contribution in [1.82, 2.24) is 14.3 Å². The first-order valence-electron chi connectivity index (χ1n) is 11.1. The SMILES string of the molecule is Cc1nc2c(OCc3c(F)cccc3F)cccn2c1-c1ccc(CN2CCOCC2)c(F)c1. The monoisotopic (exact) mass is 467 g/mol. The Labute approximate surface area is 195 Å². The van der Waals surface area contributed by atoms with Crippen molar-refractivity contribution in [2.24, 2.45) is 0 Å². The molecule has 4 aromatic rings. The Kier molecular flexibility index (Phi) is 6.26. The van der Waals surface area contributed by atoms with Gasteiger partial charge in [0.15, 0.2) is 11.4 Å². The summed E-state index contributed by atoms with van der Waals surface area (Å²) in [4.78, 5) is 6.77. The summed E-state index contributed by atoms with van der Waals surface area (Å²) in [5.41, 5.74) is 3.08. The van der Waals surface area contributed by atoms with Crippen LogP contribution in [0.1, 0.15) is 16.8 Å². The summed E-state index contributed by atoms with van der Waals surface area (Å²) in [7, 11) is 0. The molecule has 0 radical (unpaired) electrons. The zero-order valence-corrected chi connectivity index (χ0v) is 18.7. The summed E-state index contributed by atoms with van der Waals surface area (Å²) in [5.74, 6) is -1.23. The molecule has 5 nitrogen and oxygen atoms in total. The van der Waals surface area contributed by atoms with Crippen molar-refractivity contribution < 1.29 is 22.6 Å². The Morgan fingerprint density at radius 2 is 1.74 bits per heavy atom. The van der Waals surface area contributed by atoms with Crippen molar-refractivity contribution in [2.75, 3.05) is 26.3 Å². The molecule has 34 heavy (non-hydrogen) atoms. The van der Waals surface area contributed by atoms with Gasteiger partial charge in [-0.25, -0.2) is 18.2 Å². The zero-order chi connectivity index (χ0) is 23.7. The minimum atomic E-state index is -0.667. The molecule has 0 amide bonds. The van der Waals surface area contributed by atoms with E-state index in [1.165, 1.54) is 24.3 Å². The minimum absolute atomic E-state index is 0.147. The Hall–Kier alpha value is -3.36. The number of aryl methyl sites for hydroxylation is 1. The van der Waals surface area contributed by atoms with E-state index in [0.717, 1.165) is 18.8 Å². The number of fused-ring (bicyclic) bond motifs is 1. The highest BCUT2D eigenvalue weighted by atomic mass is 19.1. The van der Waals surface area contributed by atoms with Gasteiger partial charge in [0.25, 0.3) is 0 Å². The van der Waals surface area contributed by atoms with Gasteiger partial charge in [-0.05, 0) is 37.3 Å². The number of rotatable bonds is 6. The van der Waals surface area contributed by atoms with Crippen LogP contribution in [0.2, 0.25) is 0 Å². The van der Waals surface area contributed by atoms with Crippen molar-refractivity contribution >= 4 is 5.65 Å². The van der Waals surface area contributed by atoms with E-state index in [2.05, 4.69) is 9.88 Å². The maximum Gasteiger partial charge on any atom is 0.180 e. The zero-order valence-electron chi connectivity index (χ0n) is 18.7. The molecule has 1 aliphatic heterocycles. The van der Waals surface area contributed by atoms with E-state index >= 15 is 4.39 Å². The number of hydrogen-bond acceptors (Lipinski definition) is 4. The molecule has 1 fully saturated rings. The Balaban J connectivity index is 1.43. The molecule has 176 valence electrons. The number of ether oxygens (including phenoxy) is 2. The molecule has 0 N–H and O–H groups in total. The lowest BCUT2D eigenvalue weighted by Crippen LogP contribution is -2.35. The van der Waals surface area contributed by atoms with Crippen LogP contribution < -0.4 is 4.74 Å². The number of imidazole rings is 1. The van der Waals surface area contributed by atoms with Gasteiger partial charge in [0.2, 0.25) is 0 Å². The molecule has 2 aromatic carbocycles. The highest BCUT2D eigenvalue weighted by Crippen LogP contribution is 2.31. The molecule has 0 unspecified atom stereocenters. The van der Waals surface area contributed by atoms with Crippen LogP contribution in [0.5, 0.6) is 5.75 Å². The number of hydrogen-bond donors (Lipinski definition) is 0. The molecule has 2 aromatic heterocycles. The third kappa shape index (κ3) is 4.38. The summed E-state index contributed by atoms with van der Waals surface area (Å²) in [6.07, 6.45) is 1.81. The van der Waals surface area contributed by atoms with Gasteiger partial charge in [-0.2, -0.15) is 0 Å². The standard InChI is InChI=1S/C26H24F3N3O2/c1-17-25(18-7-8-19(23(29)14-18)15-31-10-12-33-13-11-31)32-9-3-6-24(26(32)30-17)34-16-20-21(27)4-2-5-22(20)28/h2-9,14H,10-13,15-16H2,1H3. The molecule has 5 rings (SSSR count). The molecule has 0 atom stereocenters. The fourth-order valence-electron chi connectivity index (χ4n) is 4.26. The lowest BCUT2D eigenvalue weighted by Gasteiger charge is -2.26. The average Bonchev–Trinajstić information content (AvgIpc) is 3.17. The van der Waals surface area contributed by atoms with Crippen molar-refractivity contribution in [1.29, 1.82) is 0 Å². The molecule has 1 saturated heterocycles. The third-order valence-corrected chi connectivity index (χ3v) is 6.05. The van der Waals surface area contributed by atoms with Gasteiger partial charge in [-0.15, -0.1) is 0 Å². The minimum Gasteiger partial charge on any atom is -0.485 e. The second-order valence-corrected chi connectivity index (χ2v) is 8.30. The number of morpholine rings is 1. The van der Waals surface area contributed by atoms with E-state index in [4.69, 9.17) is 9.47 Å². The van der Waals surface area contributed by atoms with Crippen molar-refractivity contribution in [3.05, 3.63) is 89.0 Å². The second-order valence-electron chi connectivity index (χ2n) is 8.30. The smallest absolute Gasteiger partial charge is 0.180 e. The van der Waals surface area contributed by atoms with Crippen molar-refractivity contribution in [3.8, 4) is 17.0 Å². The number of aromatic nitrogens is 2. The molecular weight excluding hydrogens is 443 g/mol. The van der Waals surface area contributed by atoms with Gasteiger partial charge in [-0.3, -0.25) is 9.30 Å². The van der Waals surface area contributed by atoms with Crippen LogP contribution in [0.25, 0.3) is 16.9 Å². The van der Waals surface area contributed by atoms with Gasteiger partial charge >= 0.3 is 0 Å². The second kappa shape index (κ2) is 9.48. The summed E-state index contributed by atoms with van der Waals surface area (Å²) in [5, 5.41) is 0. The number of halogens is 3. The Morgan fingerprint density at radius 3 is 2.47 bits per heavy atom. The van der Waals surface area contributed by atoms with Crippen LogP contribution >= 0.6 is 0 Å². The molecule has 0 aliphatic carbocycles. The topological polar surface area (TPSA) is 39.0 Å². The summed E-state index contributed by atoms with van der Waals surface area (Å²) in [6.45, 7) is 4.99. The van der Waals surface area contributed by atoms with E-state index in [9.17, 15) is 8.78 Å². The first kappa shape index (κ1) is 22.4. The molecule has 0 spiro atoms. The van der Waals surface area contributed by atoms with Crippen LogP contribution in [-0.2, 0) is 17.9 Å². The molecule has 0 bridgehead atoms. The highest BCUT2D eigenvalue weighted by molar-refractivity contribution is 5.70. The van der Waals surface area contributed by atoms with Gasteiger partial charge < -0.3 is 9.47 Å². The summed E-state index contributed by atoms with van der Waals surface area (Å²) < 4.78 is 55.9. The van der Waals surface area contributed by atoms with Crippen LogP contribution in [0, 0.1) is 24.4 Å². The molecular formula is C26H24F3N3O2. The highest BCUT2D eigenvalue weighted by Gasteiger charge is 2.18. The summed E-state index contributed by atoms with van der Waals surface area (Å²) in [6, 6.07) is 12.4. The van der Waals surface area contributed by atoms with Crippen LogP contribution in [0.4, 0.5) is 13.2 Å². The van der Waals surface area contributed by atoms with Gasteiger partial charge in [-0.1, -0.05) is 18.2 Å². The van der Waals surface area contributed by atoms with Gasteiger partial charge in [0.05, 0.1) is 30.2 Å². The quantitative estimate of drug-likeness (QED) is 0.394. The third-order valence-electron chi connectivity index (χ3n) is 6.05. The van der Waals surface area contributed by atoms with Crippen molar-refractivity contribution in [2.45, 2.75) is 20.1 Å². The van der Waals surface area contributed by atoms with Gasteiger partial charge in [0, 0.05) is 37.0 Å². The Bertz CT molecular complexity index is 1310. The largest absolute Gasteiger partial charge is 0.485 e. The van der Waals surface area contributed by atoms with E-state index in [1.807, 2.05) is 13.0 Å². The van der Waals surface area contributed by atoms with Crippen molar-refractivity contribution in [3.63, 3.8) is 0 Å². The average molecular weight is 467 g/mol. The fraction of sp³-hybridized carbons (Fsp3) is 0.269. The maximum absolute atomic E-state index is 15.0. The van der Waals surface area contributed by atoms with Crippen LogP contribution in [-0.4, -0.2) is 40.6 Å². The first-order chi connectivity index (χ1) is 16.5. The lowest BCUT2D eigenvalue weighted by atomic mass is 10.1. The number of benzene rings is 2. The number of nitrogens with zero attached hydrogens (tertiary/aromatic N) is 3. The van der Waals surface area contributed by atoms with E-state index < -0.39 is 11.6 Å². The fourth-order valence-corrected chi connectivity index (χ4v) is 4.26. The van der Waals surface area contributed by atoms with Crippen LogP contribution in [0.3, 0.4) is 0 Å². The lowest BCUT2D eigenvalue weighted by molar-refractivity contribution is 0.0337. The summed E-state index contributed by atoms with van der Waals surface area (Å²) >= 11 is 0. The van der Waals surface area contributed by atoms with E-state index in [0.29, 0.717) is 48.0 Å². The van der Waals surface area contributed by atoms with E-state index in [-0.39, 0.29) is 18.0 Å². The predicted octanol–water partition coefficient (Wildman–Crippen LogP) is 5.14. The van der Waals surface area contributed by atoms with Crippen LogP contribution in [0.15, 0.2) is 54.7 Å². The first-order valence-corrected chi connectivity index (χ1v) is 11.1. The van der Waals surface area contributed by atoms with Gasteiger partial charge in [0.1, 0.15) is 24.1 Å². The maximum atomic E-state index is 15.0. The molecule has 0 saturated carbocycles. The predicted molar refractivity (Wildman–Crippen MR) is 122 cm³/mol. The number of pyridine rings is 1. The van der Waals surface area contributed by atoms with E-state index in [1.54, 1.807) is 28.8 Å². The normalized spacial score (nSPS) is 14.6. The molecule has 1 aliphatic rings. The Morgan fingerprint density at radius 1 is 0.971 bits per heavy atom.